The monoisotopic (exact) mass is 127 g/mol. The van der Waals surface area contributed by atoms with Gasteiger partial charge in [0.25, 0.3) is 0 Å². The van der Waals surface area contributed by atoms with Crippen LogP contribution < -0.4 is 5.32 Å². The van der Waals surface area contributed by atoms with Gasteiger partial charge in [-0.05, 0) is 32.2 Å². The van der Waals surface area contributed by atoms with Crippen LogP contribution in [0.2, 0.25) is 0 Å². The fourth-order valence-corrected chi connectivity index (χ4v) is 1.67. The molecule has 1 heterocycles. The lowest BCUT2D eigenvalue weighted by atomic mass is 9.90. The lowest BCUT2D eigenvalue weighted by Crippen LogP contribution is -2.38. The summed E-state index contributed by atoms with van der Waals surface area (Å²) in [5.74, 6) is 0.943. The van der Waals surface area contributed by atoms with Crippen LogP contribution in [-0.4, -0.2) is 12.6 Å². The summed E-state index contributed by atoms with van der Waals surface area (Å²) in [5, 5.41) is 3.48. The first-order valence-corrected chi connectivity index (χ1v) is 4.08. The van der Waals surface area contributed by atoms with E-state index in [-0.39, 0.29) is 0 Å². The van der Waals surface area contributed by atoms with Gasteiger partial charge in [0, 0.05) is 6.04 Å². The van der Waals surface area contributed by atoms with Gasteiger partial charge in [0.1, 0.15) is 0 Å². The van der Waals surface area contributed by atoms with Crippen LogP contribution in [0.15, 0.2) is 0 Å². The minimum absolute atomic E-state index is 0.767. The Hall–Kier alpha value is -0.0400. The summed E-state index contributed by atoms with van der Waals surface area (Å²) in [7, 11) is 0. The summed E-state index contributed by atoms with van der Waals surface area (Å²) in [6, 6.07) is 0.767. The van der Waals surface area contributed by atoms with Crippen LogP contribution in [0, 0.1) is 5.92 Å². The number of hydrogen-bond acceptors (Lipinski definition) is 1. The second-order valence-corrected chi connectivity index (χ2v) is 3.05. The van der Waals surface area contributed by atoms with Crippen LogP contribution in [0.5, 0.6) is 0 Å². The molecule has 1 aliphatic heterocycles. The van der Waals surface area contributed by atoms with Crippen LogP contribution in [0.1, 0.15) is 33.1 Å². The number of nitrogens with one attached hydrogen (secondary N) is 1. The molecule has 0 unspecified atom stereocenters. The molecule has 0 aromatic heterocycles. The molecule has 1 heteroatoms. The average Bonchev–Trinajstić information content (AvgIpc) is 1.89. The van der Waals surface area contributed by atoms with Crippen molar-refractivity contribution in [1.82, 2.24) is 5.32 Å². The Morgan fingerprint density at radius 1 is 1.56 bits per heavy atom. The number of hydrogen-bond donors (Lipinski definition) is 1. The van der Waals surface area contributed by atoms with Crippen molar-refractivity contribution in [3.63, 3.8) is 0 Å². The third-order valence-corrected chi connectivity index (χ3v) is 2.45. The Kier molecular flexibility index (Phi) is 2.52. The van der Waals surface area contributed by atoms with Crippen molar-refractivity contribution in [3.05, 3.63) is 0 Å². The van der Waals surface area contributed by atoms with E-state index >= 15 is 0 Å². The maximum absolute atomic E-state index is 3.48. The zero-order valence-corrected chi connectivity index (χ0v) is 6.48. The van der Waals surface area contributed by atoms with Gasteiger partial charge < -0.3 is 5.32 Å². The molecule has 0 amide bonds. The SMILES string of the molecule is CC[C@H]1CCCN[C@H]1C. The van der Waals surface area contributed by atoms with Gasteiger partial charge in [0.2, 0.25) is 0 Å². The van der Waals surface area contributed by atoms with Crippen molar-refractivity contribution in [3.8, 4) is 0 Å². The molecule has 54 valence electrons. The fourth-order valence-electron chi connectivity index (χ4n) is 1.67. The zero-order valence-electron chi connectivity index (χ0n) is 6.48. The highest BCUT2D eigenvalue weighted by molar-refractivity contribution is 4.75. The highest BCUT2D eigenvalue weighted by atomic mass is 14.9. The third-order valence-electron chi connectivity index (χ3n) is 2.45. The van der Waals surface area contributed by atoms with Gasteiger partial charge in [-0.1, -0.05) is 13.3 Å². The van der Waals surface area contributed by atoms with Crippen LogP contribution in [0.3, 0.4) is 0 Å². The van der Waals surface area contributed by atoms with Gasteiger partial charge in [-0.2, -0.15) is 0 Å². The van der Waals surface area contributed by atoms with E-state index in [1.807, 2.05) is 0 Å². The van der Waals surface area contributed by atoms with Crippen molar-refractivity contribution >= 4 is 0 Å². The summed E-state index contributed by atoms with van der Waals surface area (Å²) in [6.45, 7) is 5.82. The Morgan fingerprint density at radius 3 is 2.78 bits per heavy atom. The molecule has 1 N–H and O–H groups in total. The van der Waals surface area contributed by atoms with Gasteiger partial charge >= 0.3 is 0 Å². The quantitative estimate of drug-likeness (QED) is 0.566. The van der Waals surface area contributed by atoms with Crippen LogP contribution >= 0.6 is 0 Å². The standard InChI is InChI=1S/C8H17N/c1-3-8-5-4-6-9-7(8)2/h7-9H,3-6H2,1-2H3/t7-,8-/m0/s1. The molecule has 1 rings (SSSR count). The van der Waals surface area contributed by atoms with Crippen molar-refractivity contribution < 1.29 is 0 Å². The minimum Gasteiger partial charge on any atom is -0.314 e. The molecular formula is C8H17N. The van der Waals surface area contributed by atoms with E-state index in [2.05, 4.69) is 19.2 Å². The topological polar surface area (TPSA) is 12.0 Å². The molecule has 1 aliphatic rings. The van der Waals surface area contributed by atoms with E-state index in [9.17, 15) is 0 Å². The molecule has 0 aromatic rings. The molecule has 0 aliphatic carbocycles. The Morgan fingerprint density at radius 2 is 2.33 bits per heavy atom. The van der Waals surface area contributed by atoms with Crippen LogP contribution in [0.4, 0.5) is 0 Å². The highest BCUT2D eigenvalue weighted by Crippen LogP contribution is 2.18. The van der Waals surface area contributed by atoms with E-state index < -0.39 is 0 Å². The van der Waals surface area contributed by atoms with E-state index in [4.69, 9.17) is 0 Å². The summed E-state index contributed by atoms with van der Waals surface area (Å²) >= 11 is 0. The largest absolute Gasteiger partial charge is 0.314 e. The third kappa shape index (κ3) is 1.68. The second kappa shape index (κ2) is 3.21. The normalized spacial score (nSPS) is 36.7. The molecule has 0 saturated carbocycles. The van der Waals surface area contributed by atoms with E-state index in [0.717, 1.165) is 12.0 Å². The van der Waals surface area contributed by atoms with E-state index in [1.165, 1.54) is 25.8 Å². The van der Waals surface area contributed by atoms with Gasteiger partial charge in [-0.15, -0.1) is 0 Å². The molecule has 1 saturated heterocycles. The lowest BCUT2D eigenvalue weighted by molar-refractivity contribution is 0.289. The first-order chi connectivity index (χ1) is 4.34. The summed E-state index contributed by atoms with van der Waals surface area (Å²) in [4.78, 5) is 0. The molecule has 0 radical (unpaired) electrons. The van der Waals surface area contributed by atoms with Gasteiger partial charge in [-0.25, -0.2) is 0 Å². The van der Waals surface area contributed by atoms with E-state index in [1.54, 1.807) is 0 Å². The molecule has 9 heavy (non-hydrogen) atoms. The van der Waals surface area contributed by atoms with Crippen molar-refractivity contribution in [2.24, 2.45) is 5.92 Å². The molecule has 1 nitrogen and oxygen atoms in total. The van der Waals surface area contributed by atoms with Crippen molar-refractivity contribution in [2.75, 3.05) is 6.54 Å². The van der Waals surface area contributed by atoms with Gasteiger partial charge in [0.05, 0.1) is 0 Å². The average molecular weight is 127 g/mol. The maximum Gasteiger partial charge on any atom is 0.00669 e. The Labute approximate surface area is 57.8 Å². The molecule has 0 bridgehead atoms. The first-order valence-electron chi connectivity index (χ1n) is 4.08. The van der Waals surface area contributed by atoms with Crippen molar-refractivity contribution in [2.45, 2.75) is 39.2 Å². The van der Waals surface area contributed by atoms with Gasteiger partial charge in [0.15, 0.2) is 0 Å². The highest BCUT2D eigenvalue weighted by Gasteiger charge is 2.17. The number of piperidine rings is 1. The predicted molar refractivity (Wildman–Crippen MR) is 40.5 cm³/mol. The molecule has 1 fully saturated rings. The summed E-state index contributed by atoms with van der Waals surface area (Å²) in [5.41, 5.74) is 0. The van der Waals surface area contributed by atoms with Gasteiger partial charge in [-0.3, -0.25) is 0 Å². The molecule has 0 aromatic carbocycles. The van der Waals surface area contributed by atoms with Crippen molar-refractivity contribution in [1.29, 1.82) is 0 Å². The Balaban J connectivity index is 2.30. The predicted octanol–water partition coefficient (Wildman–Crippen LogP) is 1.78. The van der Waals surface area contributed by atoms with Crippen LogP contribution in [0.25, 0.3) is 0 Å². The first kappa shape index (κ1) is 7.07. The fraction of sp³-hybridized carbons (Fsp3) is 1.00. The Bertz CT molecular complexity index is 80.6. The zero-order chi connectivity index (χ0) is 6.69. The second-order valence-electron chi connectivity index (χ2n) is 3.05. The molecular weight excluding hydrogens is 110 g/mol. The minimum atomic E-state index is 0.767. The summed E-state index contributed by atoms with van der Waals surface area (Å²) in [6.07, 6.45) is 4.15. The lowest BCUT2D eigenvalue weighted by Gasteiger charge is -2.28. The number of rotatable bonds is 1. The maximum atomic E-state index is 3.48. The molecule has 0 spiro atoms. The van der Waals surface area contributed by atoms with E-state index in [0.29, 0.717) is 0 Å². The summed E-state index contributed by atoms with van der Waals surface area (Å²) < 4.78 is 0. The molecule has 2 atom stereocenters. The smallest absolute Gasteiger partial charge is 0.00669 e. The van der Waals surface area contributed by atoms with Crippen LogP contribution in [-0.2, 0) is 0 Å².